The van der Waals surface area contributed by atoms with E-state index in [1.165, 1.54) is 0 Å². The second-order valence-electron chi connectivity index (χ2n) is 4.60. The van der Waals surface area contributed by atoms with Gasteiger partial charge in [0.15, 0.2) is 5.78 Å². The smallest absolute Gasteiger partial charge is 0.178 e. The Hall–Kier alpha value is -1.00. The van der Waals surface area contributed by atoms with Gasteiger partial charge in [0.25, 0.3) is 0 Å². The van der Waals surface area contributed by atoms with E-state index >= 15 is 0 Å². The van der Waals surface area contributed by atoms with E-state index in [2.05, 4.69) is 0 Å². The van der Waals surface area contributed by atoms with Crippen molar-refractivity contribution in [3.63, 3.8) is 0 Å². The maximum atomic E-state index is 12.4. The van der Waals surface area contributed by atoms with Gasteiger partial charge in [-0.2, -0.15) is 0 Å². The molecule has 0 aromatic heterocycles. The summed E-state index contributed by atoms with van der Waals surface area (Å²) in [5.74, 6) is -0.0481. The molecule has 1 aliphatic rings. The maximum absolute atomic E-state index is 12.4. The standard InChI is InChI=1S/C14H18O3S/c1-10-13(8-9-17-10)18(16)11(2)14(15)12-6-4-3-5-7-12/h3-7,10-11,13H,8-9H2,1-2H3. The van der Waals surface area contributed by atoms with Crippen molar-refractivity contribution in [2.24, 2.45) is 0 Å². The van der Waals surface area contributed by atoms with Crippen molar-refractivity contribution < 1.29 is 13.7 Å². The Morgan fingerprint density at radius 3 is 2.61 bits per heavy atom. The fourth-order valence-electron chi connectivity index (χ4n) is 2.22. The largest absolute Gasteiger partial charge is 0.377 e. The molecule has 0 N–H and O–H groups in total. The molecular formula is C14H18O3S. The minimum absolute atomic E-state index is 0.0168. The summed E-state index contributed by atoms with van der Waals surface area (Å²) >= 11 is 0. The van der Waals surface area contributed by atoms with Crippen molar-refractivity contribution in [2.45, 2.75) is 36.9 Å². The molecule has 1 fully saturated rings. The Labute approximate surface area is 110 Å². The van der Waals surface area contributed by atoms with E-state index in [-0.39, 0.29) is 17.1 Å². The molecule has 1 heterocycles. The Balaban J connectivity index is 2.09. The minimum atomic E-state index is -1.18. The van der Waals surface area contributed by atoms with Crippen LogP contribution in [0.3, 0.4) is 0 Å². The first kappa shape index (κ1) is 13.4. The molecule has 1 aliphatic heterocycles. The van der Waals surface area contributed by atoms with Gasteiger partial charge in [0.05, 0.1) is 16.6 Å². The Morgan fingerprint density at radius 2 is 2.06 bits per heavy atom. The Morgan fingerprint density at radius 1 is 1.39 bits per heavy atom. The van der Waals surface area contributed by atoms with Gasteiger partial charge < -0.3 is 4.74 Å². The average Bonchev–Trinajstić information content (AvgIpc) is 2.83. The highest BCUT2D eigenvalue weighted by atomic mass is 32.2. The van der Waals surface area contributed by atoms with Crippen LogP contribution in [-0.2, 0) is 15.5 Å². The topological polar surface area (TPSA) is 43.4 Å². The van der Waals surface area contributed by atoms with Crippen LogP contribution in [0.25, 0.3) is 0 Å². The molecule has 4 unspecified atom stereocenters. The van der Waals surface area contributed by atoms with Crippen LogP contribution in [0.2, 0.25) is 0 Å². The van der Waals surface area contributed by atoms with Gasteiger partial charge in [0, 0.05) is 23.0 Å². The fourth-order valence-corrected chi connectivity index (χ4v) is 3.88. The zero-order valence-electron chi connectivity index (χ0n) is 10.7. The van der Waals surface area contributed by atoms with Gasteiger partial charge in [-0.25, -0.2) is 0 Å². The molecule has 0 bridgehead atoms. The summed E-state index contributed by atoms with van der Waals surface area (Å²) in [6, 6.07) is 9.05. The number of ether oxygens (including phenoxy) is 1. The number of benzene rings is 1. The quantitative estimate of drug-likeness (QED) is 0.785. The number of carbonyl (C=O) groups excluding carboxylic acids is 1. The number of Topliss-reactive ketones (excluding diaryl/α,β-unsaturated/α-hetero) is 1. The summed E-state index contributed by atoms with van der Waals surface area (Å²) in [6.45, 7) is 4.32. The van der Waals surface area contributed by atoms with E-state index in [1.807, 2.05) is 25.1 Å². The zero-order chi connectivity index (χ0) is 13.1. The molecular weight excluding hydrogens is 248 g/mol. The van der Waals surface area contributed by atoms with E-state index < -0.39 is 16.0 Å². The van der Waals surface area contributed by atoms with Crippen molar-refractivity contribution in [2.75, 3.05) is 6.61 Å². The van der Waals surface area contributed by atoms with Crippen molar-refractivity contribution in [3.05, 3.63) is 35.9 Å². The molecule has 18 heavy (non-hydrogen) atoms. The molecule has 0 spiro atoms. The molecule has 0 saturated carbocycles. The third-order valence-corrected chi connectivity index (χ3v) is 5.51. The van der Waals surface area contributed by atoms with E-state index in [4.69, 9.17) is 4.74 Å². The highest BCUT2D eigenvalue weighted by Crippen LogP contribution is 2.22. The lowest BCUT2D eigenvalue weighted by molar-refractivity contribution is 0.0992. The number of hydrogen-bond acceptors (Lipinski definition) is 3. The van der Waals surface area contributed by atoms with Crippen molar-refractivity contribution in [1.82, 2.24) is 0 Å². The summed E-state index contributed by atoms with van der Waals surface area (Å²) in [6.07, 6.45) is 0.761. The van der Waals surface area contributed by atoms with Gasteiger partial charge in [0.2, 0.25) is 0 Å². The second kappa shape index (κ2) is 5.76. The third kappa shape index (κ3) is 2.70. The molecule has 1 saturated heterocycles. The van der Waals surface area contributed by atoms with Crippen LogP contribution in [0, 0.1) is 0 Å². The van der Waals surface area contributed by atoms with Gasteiger partial charge in [-0.3, -0.25) is 9.00 Å². The molecule has 0 amide bonds. The normalized spacial score (nSPS) is 26.8. The third-order valence-electron chi connectivity index (χ3n) is 3.38. The van der Waals surface area contributed by atoms with E-state index in [1.54, 1.807) is 19.1 Å². The first-order valence-corrected chi connectivity index (χ1v) is 7.49. The first-order chi connectivity index (χ1) is 8.61. The lowest BCUT2D eigenvalue weighted by Crippen LogP contribution is -2.34. The van der Waals surface area contributed by atoms with Crippen LogP contribution in [-0.4, -0.2) is 33.2 Å². The van der Waals surface area contributed by atoms with E-state index in [0.717, 1.165) is 6.42 Å². The van der Waals surface area contributed by atoms with Crippen molar-refractivity contribution in [1.29, 1.82) is 0 Å². The first-order valence-electron chi connectivity index (χ1n) is 6.21. The summed E-state index contributed by atoms with van der Waals surface area (Å²) in [5, 5.41) is -0.491. The molecule has 0 radical (unpaired) electrons. The zero-order valence-corrected chi connectivity index (χ0v) is 11.5. The Kier molecular flexibility index (Phi) is 4.30. The molecule has 4 heteroatoms. The number of rotatable bonds is 4. The van der Waals surface area contributed by atoms with Crippen LogP contribution < -0.4 is 0 Å². The van der Waals surface area contributed by atoms with Crippen LogP contribution in [0.1, 0.15) is 30.6 Å². The number of carbonyl (C=O) groups is 1. The molecule has 1 aromatic carbocycles. The monoisotopic (exact) mass is 266 g/mol. The predicted molar refractivity (Wildman–Crippen MR) is 72.2 cm³/mol. The van der Waals surface area contributed by atoms with Crippen molar-refractivity contribution in [3.8, 4) is 0 Å². The molecule has 1 aromatic rings. The van der Waals surface area contributed by atoms with Gasteiger partial charge in [-0.15, -0.1) is 0 Å². The van der Waals surface area contributed by atoms with Crippen LogP contribution in [0.15, 0.2) is 30.3 Å². The van der Waals surface area contributed by atoms with E-state index in [9.17, 15) is 9.00 Å². The summed E-state index contributed by atoms with van der Waals surface area (Å²) in [5.41, 5.74) is 0.630. The minimum Gasteiger partial charge on any atom is -0.377 e. The highest BCUT2D eigenvalue weighted by molar-refractivity contribution is 7.87. The molecule has 0 aliphatic carbocycles. The molecule has 98 valence electrons. The fraction of sp³-hybridized carbons (Fsp3) is 0.500. The van der Waals surface area contributed by atoms with Gasteiger partial charge in [-0.05, 0) is 20.3 Å². The second-order valence-corrected chi connectivity index (χ2v) is 6.57. The lowest BCUT2D eigenvalue weighted by atomic mass is 10.1. The average molecular weight is 266 g/mol. The number of ketones is 1. The van der Waals surface area contributed by atoms with Gasteiger partial charge in [0.1, 0.15) is 0 Å². The van der Waals surface area contributed by atoms with Crippen LogP contribution in [0.4, 0.5) is 0 Å². The lowest BCUT2D eigenvalue weighted by Gasteiger charge is -2.18. The number of hydrogen-bond donors (Lipinski definition) is 0. The van der Waals surface area contributed by atoms with Crippen LogP contribution in [0.5, 0.6) is 0 Å². The molecule has 4 atom stereocenters. The van der Waals surface area contributed by atoms with E-state index in [0.29, 0.717) is 12.2 Å². The summed E-state index contributed by atoms with van der Waals surface area (Å²) in [7, 11) is -1.18. The predicted octanol–water partition coefficient (Wildman–Crippen LogP) is 2.18. The maximum Gasteiger partial charge on any atom is 0.178 e. The summed E-state index contributed by atoms with van der Waals surface area (Å²) < 4.78 is 17.8. The molecule has 3 nitrogen and oxygen atoms in total. The van der Waals surface area contributed by atoms with Crippen LogP contribution >= 0.6 is 0 Å². The van der Waals surface area contributed by atoms with Crippen molar-refractivity contribution >= 4 is 16.6 Å². The SMILES string of the molecule is CC1OCCC1S(=O)C(C)C(=O)c1ccccc1. The summed E-state index contributed by atoms with van der Waals surface area (Å²) in [4.78, 5) is 12.2. The van der Waals surface area contributed by atoms with Gasteiger partial charge in [-0.1, -0.05) is 30.3 Å². The highest BCUT2D eigenvalue weighted by Gasteiger charge is 2.34. The molecule has 2 rings (SSSR count). The van der Waals surface area contributed by atoms with Gasteiger partial charge >= 0.3 is 0 Å². The Bertz CT molecular complexity index is 444.